The number of nitrogens with zero attached hydrogens (tertiary/aromatic N) is 2. The first-order valence-corrected chi connectivity index (χ1v) is 7.96. The van der Waals surface area contributed by atoms with Crippen molar-refractivity contribution in [1.29, 1.82) is 0 Å². The first kappa shape index (κ1) is 13.1. The molecule has 2 N–H and O–H groups in total. The molecule has 0 amide bonds. The van der Waals surface area contributed by atoms with Crippen LogP contribution in [0, 0.1) is 0 Å². The highest BCUT2D eigenvalue weighted by atomic mass is 15.0. The van der Waals surface area contributed by atoms with Crippen molar-refractivity contribution >= 4 is 38.4 Å². The van der Waals surface area contributed by atoms with Crippen LogP contribution in [0.2, 0.25) is 0 Å². The zero-order valence-corrected chi connectivity index (χ0v) is 13.0. The van der Waals surface area contributed by atoms with Crippen LogP contribution < -0.4 is 5.73 Å². The minimum atomic E-state index is 0.704. The smallest absolute Gasteiger partial charge is 0.0952 e. The monoisotopic (exact) mass is 309 g/mol. The minimum Gasteiger partial charge on any atom is -0.397 e. The molecule has 0 radical (unpaired) electrons. The van der Waals surface area contributed by atoms with E-state index in [4.69, 9.17) is 5.73 Å². The molecule has 3 heteroatoms. The van der Waals surface area contributed by atoms with E-state index in [1.165, 1.54) is 21.8 Å². The first-order chi connectivity index (χ1) is 11.8. The lowest BCUT2D eigenvalue weighted by Gasteiger charge is -2.11. The third-order valence-electron chi connectivity index (χ3n) is 4.60. The molecule has 0 aliphatic heterocycles. The Kier molecular flexibility index (Phi) is 2.65. The topological polar surface area (TPSA) is 43.8 Å². The summed E-state index contributed by atoms with van der Waals surface area (Å²) < 4.78 is 2.30. The fourth-order valence-electron chi connectivity index (χ4n) is 3.56. The Morgan fingerprint density at radius 2 is 1.29 bits per heavy atom. The standard InChI is InChI=1S/C21H15N3/c22-17-9-5-8-16-20(12-13-23-21(16)17)24-18-10-3-1-6-14(18)15-7-2-4-11-19(15)24/h1-13H,22H2. The van der Waals surface area contributed by atoms with E-state index in [9.17, 15) is 0 Å². The Balaban J connectivity index is 2.02. The summed E-state index contributed by atoms with van der Waals surface area (Å²) in [5, 5.41) is 3.56. The summed E-state index contributed by atoms with van der Waals surface area (Å²) in [4.78, 5) is 4.47. The van der Waals surface area contributed by atoms with E-state index in [2.05, 4.69) is 70.2 Å². The Morgan fingerprint density at radius 1 is 0.667 bits per heavy atom. The van der Waals surface area contributed by atoms with E-state index in [0.717, 1.165) is 16.6 Å². The number of hydrogen-bond donors (Lipinski definition) is 1. The van der Waals surface area contributed by atoms with Crippen molar-refractivity contribution in [2.45, 2.75) is 0 Å². The van der Waals surface area contributed by atoms with Crippen LogP contribution in [-0.2, 0) is 0 Å². The molecule has 5 aromatic rings. The second-order valence-electron chi connectivity index (χ2n) is 5.94. The van der Waals surface area contributed by atoms with Crippen LogP contribution in [0.5, 0.6) is 0 Å². The highest BCUT2D eigenvalue weighted by molar-refractivity contribution is 6.10. The fraction of sp³-hybridized carbons (Fsp3) is 0. The molecule has 5 rings (SSSR count). The third kappa shape index (κ3) is 1.69. The summed E-state index contributed by atoms with van der Waals surface area (Å²) in [6, 6.07) is 25.0. The van der Waals surface area contributed by atoms with Gasteiger partial charge in [-0.1, -0.05) is 48.5 Å². The van der Waals surface area contributed by atoms with Crippen LogP contribution in [0.4, 0.5) is 5.69 Å². The van der Waals surface area contributed by atoms with Gasteiger partial charge in [0.25, 0.3) is 0 Å². The maximum Gasteiger partial charge on any atom is 0.0952 e. The van der Waals surface area contributed by atoms with Gasteiger partial charge < -0.3 is 10.3 Å². The maximum atomic E-state index is 6.13. The normalized spacial score (nSPS) is 11.5. The number of nitrogens with two attached hydrogens (primary N) is 1. The number of nitrogen functional groups attached to an aromatic ring is 1. The molecule has 0 aliphatic carbocycles. The second-order valence-corrected chi connectivity index (χ2v) is 5.94. The van der Waals surface area contributed by atoms with Crippen molar-refractivity contribution in [2.75, 3.05) is 5.73 Å². The molecule has 2 aromatic heterocycles. The summed E-state index contributed by atoms with van der Waals surface area (Å²) in [6.07, 6.45) is 1.83. The molecule has 0 saturated heterocycles. The molecule has 0 atom stereocenters. The number of rotatable bonds is 1. The Labute approximate surface area is 139 Å². The number of hydrogen-bond acceptors (Lipinski definition) is 2. The third-order valence-corrected chi connectivity index (χ3v) is 4.60. The van der Waals surface area contributed by atoms with E-state index >= 15 is 0 Å². The van der Waals surface area contributed by atoms with Gasteiger partial charge >= 0.3 is 0 Å². The van der Waals surface area contributed by atoms with Crippen LogP contribution in [0.3, 0.4) is 0 Å². The average molecular weight is 309 g/mol. The molecule has 0 fully saturated rings. The Morgan fingerprint density at radius 3 is 2.00 bits per heavy atom. The highest BCUT2D eigenvalue weighted by Gasteiger charge is 2.14. The maximum absolute atomic E-state index is 6.13. The van der Waals surface area contributed by atoms with Gasteiger partial charge in [-0.3, -0.25) is 4.98 Å². The lowest BCUT2D eigenvalue weighted by Crippen LogP contribution is -1.97. The van der Waals surface area contributed by atoms with Crippen molar-refractivity contribution < 1.29 is 0 Å². The average Bonchev–Trinajstić information content (AvgIpc) is 2.96. The van der Waals surface area contributed by atoms with E-state index in [1.54, 1.807) is 0 Å². The fourth-order valence-corrected chi connectivity index (χ4v) is 3.56. The van der Waals surface area contributed by atoms with Gasteiger partial charge in [-0.25, -0.2) is 0 Å². The number of anilines is 1. The van der Waals surface area contributed by atoms with Crippen LogP contribution in [0.1, 0.15) is 0 Å². The molecule has 2 heterocycles. The van der Waals surface area contributed by atoms with E-state index in [-0.39, 0.29) is 0 Å². The first-order valence-electron chi connectivity index (χ1n) is 7.96. The number of pyridine rings is 1. The highest BCUT2D eigenvalue weighted by Crippen LogP contribution is 2.34. The molecule has 0 aliphatic rings. The van der Waals surface area contributed by atoms with Crippen LogP contribution >= 0.6 is 0 Å². The van der Waals surface area contributed by atoms with Crippen molar-refractivity contribution in [1.82, 2.24) is 9.55 Å². The van der Waals surface area contributed by atoms with Crippen molar-refractivity contribution in [3.8, 4) is 5.69 Å². The molecule has 0 spiro atoms. The number of fused-ring (bicyclic) bond motifs is 4. The largest absolute Gasteiger partial charge is 0.397 e. The quantitative estimate of drug-likeness (QED) is 0.447. The van der Waals surface area contributed by atoms with E-state index in [0.29, 0.717) is 5.69 Å². The molecule has 0 bridgehead atoms. The van der Waals surface area contributed by atoms with Gasteiger partial charge in [-0.05, 0) is 24.3 Å². The number of benzene rings is 3. The Bertz CT molecular complexity index is 1160. The van der Waals surface area contributed by atoms with Crippen LogP contribution in [-0.4, -0.2) is 9.55 Å². The Hall–Kier alpha value is -3.33. The van der Waals surface area contributed by atoms with Gasteiger partial charge in [0.05, 0.1) is 27.9 Å². The van der Waals surface area contributed by atoms with Gasteiger partial charge in [-0.2, -0.15) is 0 Å². The molecular weight excluding hydrogens is 294 g/mol. The molecule has 114 valence electrons. The zero-order valence-electron chi connectivity index (χ0n) is 13.0. The molecule has 24 heavy (non-hydrogen) atoms. The minimum absolute atomic E-state index is 0.704. The van der Waals surface area contributed by atoms with Crippen molar-refractivity contribution in [3.05, 3.63) is 79.0 Å². The molecular formula is C21H15N3. The number of aromatic nitrogens is 2. The van der Waals surface area contributed by atoms with Gasteiger partial charge in [0.2, 0.25) is 0 Å². The summed E-state index contributed by atoms with van der Waals surface area (Å²) in [7, 11) is 0. The van der Waals surface area contributed by atoms with Crippen LogP contribution in [0.25, 0.3) is 38.4 Å². The van der Waals surface area contributed by atoms with Gasteiger partial charge in [0, 0.05) is 22.4 Å². The molecule has 0 unspecified atom stereocenters. The predicted octanol–water partition coefficient (Wildman–Crippen LogP) is 4.91. The lowest BCUT2D eigenvalue weighted by molar-refractivity contribution is 1.18. The SMILES string of the molecule is Nc1cccc2c(-n3c4ccccc4c4ccccc43)ccnc12. The van der Waals surface area contributed by atoms with Gasteiger partial charge in [0.15, 0.2) is 0 Å². The summed E-state index contributed by atoms with van der Waals surface area (Å²) in [6.45, 7) is 0. The van der Waals surface area contributed by atoms with Crippen LogP contribution in [0.15, 0.2) is 79.0 Å². The summed E-state index contributed by atoms with van der Waals surface area (Å²) >= 11 is 0. The van der Waals surface area contributed by atoms with Crippen molar-refractivity contribution in [2.24, 2.45) is 0 Å². The molecule has 0 saturated carbocycles. The predicted molar refractivity (Wildman–Crippen MR) is 100 cm³/mol. The van der Waals surface area contributed by atoms with E-state index in [1.807, 2.05) is 18.3 Å². The molecule has 3 nitrogen and oxygen atoms in total. The second kappa shape index (κ2) is 4.83. The van der Waals surface area contributed by atoms with E-state index < -0.39 is 0 Å². The zero-order chi connectivity index (χ0) is 16.1. The number of para-hydroxylation sites is 3. The summed E-state index contributed by atoms with van der Waals surface area (Å²) in [5.74, 6) is 0. The summed E-state index contributed by atoms with van der Waals surface area (Å²) in [5.41, 5.74) is 11.2. The van der Waals surface area contributed by atoms with Gasteiger partial charge in [0.1, 0.15) is 0 Å². The van der Waals surface area contributed by atoms with Crippen molar-refractivity contribution in [3.63, 3.8) is 0 Å². The molecule has 3 aromatic carbocycles. The lowest BCUT2D eigenvalue weighted by atomic mass is 10.1. The van der Waals surface area contributed by atoms with Gasteiger partial charge in [-0.15, -0.1) is 0 Å².